The van der Waals surface area contributed by atoms with Gasteiger partial charge >= 0.3 is 0 Å². The summed E-state index contributed by atoms with van der Waals surface area (Å²) in [6.07, 6.45) is 1.55. The van der Waals surface area contributed by atoms with Gasteiger partial charge in [-0.15, -0.1) is 0 Å². The number of nitrogens with zero attached hydrogens (tertiary/aromatic N) is 4. The first-order valence-electron chi connectivity index (χ1n) is 9.94. The summed E-state index contributed by atoms with van der Waals surface area (Å²) in [5.74, 6) is -0.731. The third-order valence-electron chi connectivity index (χ3n) is 5.31. The van der Waals surface area contributed by atoms with Gasteiger partial charge in [-0.3, -0.25) is 24.0 Å². The predicted molar refractivity (Wildman–Crippen MR) is 119 cm³/mol. The fraction of sp³-hybridized carbons (Fsp3) is 0.130. The van der Waals surface area contributed by atoms with E-state index in [1.54, 1.807) is 21.7 Å². The van der Waals surface area contributed by atoms with E-state index in [9.17, 15) is 14.0 Å². The van der Waals surface area contributed by atoms with Crippen LogP contribution in [0, 0.1) is 5.82 Å². The van der Waals surface area contributed by atoms with Crippen LogP contribution in [-0.4, -0.2) is 26.3 Å². The Morgan fingerprint density at radius 2 is 1.94 bits per heavy atom. The highest BCUT2D eigenvalue weighted by Gasteiger charge is 2.41. The zero-order valence-electron chi connectivity index (χ0n) is 16.7. The van der Waals surface area contributed by atoms with Gasteiger partial charge < -0.3 is 5.32 Å². The van der Waals surface area contributed by atoms with E-state index in [0.717, 1.165) is 11.0 Å². The van der Waals surface area contributed by atoms with E-state index in [1.165, 1.54) is 18.2 Å². The summed E-state index contributed by atoms with van der Waals surface area (Å²) in [5, 5.41) is 2.59. The van der Waals surface area contributed by atoms with Crippen molar-refractivity contribution in [2.45, 2.75) is 19.0 Å². The molecule has 32 heavy (non-hydrogen) atoms. The molecule has 0 radical (unpaired) electrons. The van der Waals surface area contributed by atoms with Crippen LogP contribution in [0.1, 0.15) is 18.2 Å². The lowest BCUT2D eigenvalue weighted by atomic mass is 10.1. The summed E-state index contributed by atoms with van der Waals surface area (Å²) >= 11 is 5.80. The predicted octanol–water partition coefficient (Wildman–Crippen LogP) is 4.34. The number of aromatic nitrogens is 3. The Morgan fingerprint density at radius 3 is 2.72 bits per heavy atom. The standard InChI is InChI=1S/C23H17ClFN5O2/c24-16-11-14(8-9-17(16)25)27-21(31)12-20-22(32)29(13-15-5-3-4-10-26-15)23-28-18-6-1-2-7-19(18)30(20)23/h1-11,20H,12-13H2,(H,27,31)/t20-/m1/s1. The molecular weight excluding hydrogens is 433 g/mol. The van der Waals surface area contributed by atoms with Crippen LogP contribution in [0.3, 0.4) is 0 Å². The van der Waals surface area contributed by atoms with Crippen LogP contribution in [0.4, 0.5) is 16.0 Å². The molecule has 2 amide bonds. The van der Waals surface area contributed by atoms with E-state index in [2.05, 4.69) is 15.3 Å². The Labute approximate surface area is 187 Å². The van der Waals surface area contributed by atoms with Gasteiger partial charge in [0.1, 0.15) is 11.9 Å². The molecule has 2 aromatic heterocycles. The number of pyridine rings is 1. The van der Waals surface area contributed by atoms with Crippen LogP contribution in [0.2, 0.25) is 5.02 Å². The smallest absolute Gasteiger partial charge is 0.253 e. The van der Waals surface area contributed by atoms with Crippen molar-refractivity contribution in [3.8, 4) is 0 Å². The van der Waals surface area contributed by atoms with E-state index in [-0.39, 0.29) is 23.9 Å². The minimum atomic E-state index is -0.767. The Hall–Kier alpha value is -3.78. The number of nitrogens with one attached hydrogen (secondary N) is 1. The Bertz CT molecular complexity index is 1340. The monoisotopic (exact) mass is 449 g/mol. The second kappa shape index (κ2) is 8.05. The third-order valence-corrected chi connectivity index (χ3v) is 5.60. The number of carbonyl (C=O) groups excluding carboxylic acids is 2. The van der Waals surface area contributed by atoms with Crippen molar-refractivity contribution in [1.82, 2.24) is 14.5 Å². The highest BCUT2D eigenvalue weighted by Crippen LogP contribution is 2.37. The number of carbonyl (C=O) groups is 2. The summed E-state index contributed by atoms with van der Waals surface area (Å²) in [6, 6.07) is 16.1. The summed E-state index contributed by atoms with van der Waals surface area (Å²) in [6.45, 7) is 0.245. The number of rotatable bonds is 5. The fourth-order valence-corrected chi connectivity index (χ4v) is 4.04. The molecule has 1 atom stereocenters. The van der Waals surface area contributed by atoms with Gasteiger partial charge in [0.15, 0.2) is 0 Å². The lowest BCUT2D eigenvalue weighted by Crippen LogP contribution is -2.31. The molecule has 1 aliphatic rings. The molecule has 0 aliphatic carbocycles. The highest BCUT2D eigenvalue weighted by molar-refractivity contribution is 6.31. The largest absolute Gasteiger partial charge is 0.326 e. The van der Waals surface area contributed by atoms with Crippen LogP contribution in [0.25, 0.3) is 11.0 Å². The summed E-state index contributed by atoms with van der Waals surface area (Å²) in [7, 11) is 0. The van der Waals surface area contributed by atoms with Gasteiger partial charge in [0.2, 0.25) is 11.9 Å². The van der Waals surface area contributed by atoms with Gasteiger partial charge in [-0.1, -0.05) is 29.8 Å². The molecule has 4 aromatic rings. The molecule has 9 heteroatoms. The third kappa shape index (κ3) is 3.58. The molecule has 3 heterocycles. The lowest BCUT2D eigenvalue weighted by molar-refractivity contribution is -0.124. The van der Waals surface area contributed by atoms with Gasteiger partial charge in [-0.05, 0) is 42.5 Å². The topological polar surface area (TPSA) is 80.1 Å². The first-order valence-corrected chi connectivity index (χ1v) is 10.3. The minimum Gasteiger partial charge on any atom is -0.326 e. The van der Waals surface area contributed by atoms with Crippen LogP contribution in [0.5, 0.6) is 0 Å². The fourth-order valence-electron chi connectivity index (χ4n) is 3.86. The van der Waals surface area contributed by atoms with Crippen molar-refractivity contribution >= 4 is 46.1 Å². The summed E-state index contributed by atoms with van der Waals surface area (Å²) in [5.41, 5.74) is 2.57. The summed E-state index contributed by atoms with van der Waals surface area (Å²) in [4.78, 5) is 36.6. The van der Waals surface area contributed by atoms with Crippen molar-refractivity contribution < 1.29 is 14.0 Å². The van der Waals surface area contributed by atoms with E-state index in [1.807, 2.05) is 36.4 Å². The maximum absolute atomic E-state index is 13.4. The van der Waals surface area contributed by atoms with Crippen molar-refractivity contribution in [2.75, 3.05) is 10.2 Å². The Morgan fingerprint density at radius 1 is 1.12 bits per heavy atom. The molecule has 1 aliphatic heterocycles. The quantitative estimate of drug-likeness (QED) is 0.491. The summed E-state index contributed by atoms with van der Waals surface area (Å²) < 4.78 is 15.2. The van der Waals surface area contributed by atoms with Gasteiger partial charge in [-0.2, -0.15) is 0 Å². The molecule has 0 unspecified atom stereocenters. The second-order valence-corrected chi connectivity index (χ2v) is 7.82. The number of benzene rings is 2. The Balaban J connectivity index is 1.46. The zero-order valence-corrected chi connectivity index (χ0v) is 17.5. The van der Waals surface area contributed by atoms with Gasteiger partial charge in [-0.25, -0.2) is 9.37 Å². The number of imidazole rings is 1. The molecule has 7 nitrogen and oxygen atoms in total. The molecule has 5 rings (SSSR count). The molecule has 0 saturated carbocycles. The first-order chi connectivity index (χ1) is 15.5. The number of hydrogen-bond donors (Lipinski definition) is 1. The molecule has 1 N–H and O–H groups in total. The van der Waals surface area contributed by atoms with E-state index in [4.69, 9.17) is 11.6 Å². The van der Waals surface area contributed by atoms with Crippen LogP contribution >= 0.6 is 11.6 Å². The average Bonchev–Trinajstić information content (AvgIpc) is 3.28. The van der Waals surface area contributed by atoms with Crippen molar-refractivity contribution in [3.05, 3.63) is 83.4 Å². The maximum atomic E-state index is 13.4. The van der Waals surface area contributed by atoms with Crippen molar-refractivity contribution in [3.63, 3.8) is 0 Å². The van der Waals surface area contributed by atoms with Crippen molar-refractivity contribution in [1.29, 1.82) is 0 Å². The minimum absolute atomic E-state index is 0.0934. The van der Waals surface area contributed by atoms with E-state index < -0.39 is 17.8 Å². The van der Waals surface area contributed by atoms with Gasteiger partial charge in [0.25, 0.3) is 5.91 Å². The molecule has 0 bridgehead atoms. The molecule has 0 saturated heterocycles. The average molecular weight is 450 g/mol. The van der Waals surface area contributed by atoms with Gasteiger partial charge in [0.05, 0.1) is 34.7 Å². The first kappa shape index (κ1) is 20.1. The van der Waals surface area contributed by atoms with Crippen LogP contribution in [-0.2, 0) is 16.1 Å². The normalized spacial score (nSPS) is 15.2. The maximum Gasteiger partial charge on any atom is 0.253 e. The zero-order chi connectivity index (χ0) is 22.2. The number of hydrogen-bond acceptors (Lipinski definition) is 4. The van der Waals surface area contributed by atoms with Crippen molar-refractivity contribution in [2.24, 2.45) is 0 Å². The Kier molecular flexibility index (Phi) is 5.07. The molecule has 0 fully saturated rings. The number of para-hydroxylation sites is 2. The van der Waals surface area contributed by atoms with Gasteiger partial charge in [0, 0.05) is 11.9 Å². The number of fused-ring (bicyclic) bond motifs is 3. The molecular formula is C23H17ClFN5O2. The SMILES string of the molecule is O=C(C[C@@H]1C(=O)N(Cc2ccccn2)c2nc3ccccc3n21)Nc1ccc(F)c(Cl)c1. The second-order valence-electron chi connectivity index (χ2n) is 7.41. The number of halogens is 2. The van der Waals surface area contributed by atoms with Crippen LogP contribution in [0.15, 0.2) is 66.9 Å². The van der Waals surface area contributed by atoms with E-state index in [0.29, 0.717) is 17.3 Å². The highest BCUT2D eigenvalue weighted by atomic mass is 35.5. The molecule has 160 valence electrons. The lowest BCUT2D eigenvalue weighted by Gasteiger charge is -2.15. The van der Waals surface area contributed by atoms with Crippen LogP contribution < -0.4 is 10.2 Å². The molecule has 2 aromatic carbocycles. The van der Waals surface area contributed by atoms with E-state index >= 15 is 0 Å². The number of amides is 2. The number of anilines is 2. The molecule has 0 spiro atoms.